The molecule has 2 aromatic rings. The van der Waals surface area contributed by atoms with Crippen LogP contribution >= 0.6 is 0 Å². The van der Waals surface area contributed by atoms with Gasteiger partial charge in [-0.25, -0.2) is 13.4 Å². The summed E-state index contributed by atoms with van der Waals surface area (Å²) in [5, 5.41) is 2.33. The summed E-state index contributed by atoms with van der Waals surface area (Å²) in [4.78, 5) is 19.2. The number of methoxy groups -OCH3 is 2. The fourth-order valence-corrected chi connectivity index (χ4v) is 2.81. The fourth-order valence-electron chi connectivity index (χ4n) is 1.88. The number of rotatable bonds is 6. The molecule has 1 heterocycles. The zero-order chi connectivity index (χ0) is 18.6. The molecule has 0 aliphatic heterocycles. The molecule has 1 aromatic heterocycles. The lowest BCUT2D eigenvalue weighted by atomic mass is 10.2. The van der Waals surface area contributed by atoms with Gasteiger partial charge in [-0.3, -0.25) is 4.79 Å². The van der Waals surface area contributed by atoms with Gasteiger partial charge in [-0.2, -0.15) is 13.8 Å². The van der Waals surface area contributed by atoms with E-state index in [1.807, 2.05) is 0 Å². The summed E-state index contributed by atoms with van der Waals surface area (Å²) in [6.45, 7) is 0. The molecule has 0 radical (unpaired) electrons. The van der Waals surface area contributed by atoms with Gasteiger partial charge in [0, 0.05) is 0 Å². The Bertz CT molecular complexity index is 890. The molecule has 8 nitrogen and oxygen atoms in total. The summed E-state index contributed by atoms with van der Waals surface area (Å²) in [5.74, 6) is -4.64. The highest BCUT2D eigenvalue weighted by atomic mass is 32.2. The van der Waals surface area contributed by atoms with Crippen molar-refractivity contribution in [3.8, 4) is 11.9 Å². The van der Waals surface area contributed by atoms with Gasteiger partial charge in [0.05, 0.1) is 30.9 Å². The Morgan fingerprint density at radius 3 is 2.48 bits per heavy atom. The molecule has 2 rings (SSSR count). The van der Waals surface area contributed by atoms with E-state index in [0.29, 0.717) is 0 Å². The summed E-state index contributed by atoms with van der Waals surface area (Å²) < 4.78 is 58.8. The van der Waals surface area contributed by atoms with E-state index in [4.69, 9.17) is 9.47 Å². The van der Waals surface area contributed by atoms with Crippen molar-refractivity contribution in [2.24, 2.45) is 0 Å². The summed E-state index contributed by atoms with van der Waals surface area (Å²) in [6, 6.07) is 4.61. The van der Waals surface area contributed by atoms with Crippen molar-refractivity contribution in [3.63, 3.8) is 0 Å². The molecule has 0 aliphatic carbocycles. The molecule has 0 aliphatic rings. The Morgan fingerprint density at radius 1 is 1.20 bits per heavy atom. The second-order valence-electron chi connectivity index (χ2n) is 4.54. The summed E-state index contributed by atoms with van der Waals surface area (Å²) in [7, 11) is -2.33. The van der Waals surface area contributed by atoms with Crippen molar-refractivity contribution in [3.05, 3.63) is 36.0 Å². The van der Waals surface area contributed by atoms with Gasteiger partial charge in [-0.05, 0) is 12.1 Å². The molecule has 0 fully saturated rings. The average molecular weight is 373 g/mol. The Morgan fingerprint density at radius 2 is 1.88 bits per heavy atom. The van der Waals surface area contributed by atoms with Gasteiger partial charge in [0.2, 0.25) is 15.7 Å². The number of nitrogens with one attached hydrogen (secondary N) is 1. The molecule has 0 bridgehead atoms. The van der Waals surface area contributed by atoms with E-state index in [1.165, 1.54) is 32.5 Å². The van der Waals surface area contributed by atoms with Gasteiger partial charge in [0.1, 0.15) is 5.69 Å². The first kappa shape index (κ1) is 18.5. The van der Waals surface area contributed by atoms with Gasteiger partial charge < -0.3 is 14.8 Å². The van der Waals surface area contributed by atoms with Gasteiger partial charge in [-0.15, -0.1) is 0 Å². The van der Waals surface area contributed by atoms with Crippen LogP contribution in [0.25, 0.3) is 0 Å². The molecular weight excluding hydrogens is 360 g/mol. The van der Waals surface area contributed by atoms with Gasteiger partial charge >= 0.3 is 11.8 Å². The van der Waals surface area contributed by atoms with E-state index in [-0.39, 0.29) is 17.6 Å². The topological polar surface area (TPSA) is 107 Å². The first-order valence-electron chi connectivity index (χ1n) is 6.68. The van der Waals surface area contributed by atoms with Gasteiger partial charge in [0.15, 0.2) is 0 Å². The van der Waals surface area contributed by atoms with Crippen LogP contribution in [0.5, 0.6) is 11.9 Å². The number of aromatic nitrogens is 2. The molecule has 1 aromatic carbocycles. The molecule has 0 saturated carbocycles. The normalized spacial score (nSPS) is 11.2. The minimum absolute atomic E-state index is 0.0116. The van der Waals surface area contributed by atoms with Gasteiger partial charge in [-0.1, -0.05) is 12.1 Å². The number of halogens is 2. The van der Waals surface area contributed by atoms with Crippen LogP contribution in [-0.4, -0.2) is 44.3 Å². The molecule has 1 N–H and O–H groups in total. The van der Waals surface area contributed by atoms with Crippen LogP contribution in [0, 0.1) is 0 Å². The number of sulfone groups is 1. The largest absolute Gasteiger partial charge is 0.479 e. The van der Waals surface area contributed by atoms with Crippen LogP contribution in [-0.2, 0) is 9.84 Å². The number of nitrogens with zero attached hydrogens (tertiary/aromatic N) is 2. The molecule has 134 valence electrons. The molecular formula is C14H13F2N3O5S. The highest BCUT2D eigenvalue weighted by molar-refractivity contribution is 7.91. The number of amides is 1. The van der Waals surface area contributed by atoms with Crippen LogP contribution < -0.4 is 14.8 Å². The van der Waals surface area contributed by atoms with E-state index in [0.717, 1.165) is 12.1 Å². The number of hydrogen-bond donors (Lipinski definition) is 1. The van der Waals surface area contributed by atoms with Crippen LogP contribution in [0.3, 0.4) is 0 Å². The number of alkyl halides is 2. The van der Waals surface area contributed by atoms with Crippen LogP contribution in [0.4, 0.5) is 14.5 Å². The third-order valence-corrected chi connectivity index (χ3v) is 4.47. The number of carbonyl (C=O) groups excluding carboxylic acids is 1. The maximum Gasteiger partial charge on any atom is 0.341 e. The van der Waals surface area contributed by atoms with E-state index in [2.05, 4.69) is 15.3 Å². The lowest BCUT2D eigenvalue weighted by Crippen LogP contribution is -2.20. The quantitative estimate of drug-likeness (QED) is 0.822. The molecule has 11 heteroatoms. The Labute approximate surface area is 141 Å². The van der Waals surface area contributed by atoms with Crippen molar-refractivity contribution in [2.75, 3.05) is 19.5 Å². The van der Waals surface area contributed by atoms with Crippen LogP contribution in [0.2, 0.25) is 0 Å². The maximum absolute atomic E-state index is 12.8. The number of carbonyl (C=O) groups is 1. The number of ether oxygens (including phenoxy) is 2. The molecule has 0 atom stereocenters. The van der Waals surface area contributed by atoms with E-state index in [9.17, 15) is 22.0 Å². The van der Waals surface area contributed by atoms with Gasteiger partial charge in [0.25, 0.3) is 5.91 Å². The first-order valence-corrected chi connectivity index (χ1v) is 8.23. The van der Waals surface area contributed by atoms with E-state index in [1.54, 1.807) is 0 Å². The zero-order valence-electron chi connectivity index (χ0n) is 13.1. The molecule has 0 unspecified atom stereocenters. The second-order valence-corrected chi connectivity index (χ2v) is 6.42. The van der Waals surface area contributed by atoms with E-state index < -0.39 is 32.0 Å². The number of hydrogen-bond acceptors (Lipinski definition) is 7. The average Bonchev–Trinajstić information content (AvgIpc) is 2.61. The molecule has 0 spiro atoms. The third kappa shape index (κ3) is 3.82. The monoisotopic (exact) mass is 373 g/mol. The van der Waals surface area contributed by atoms with Crippen LogP contribution in [0.15, 0.2) is 35.4 Å². The minimum Gasteiger partial charge on any atom is -0.479 e. The SMILES string of the molecule is COc1ncc(NC(=O)c2ccccc2S(=O)(=O)C(F)F)c(OC)n1. The Hall–Kier alpha value is -2.82. The molecule has 25 heavy (non-hydrogen) atoms. The predicted octanol–water partition coefficient (Wildman–Crippen LogP) is 1.74. The maximum atomic E-state index is 12.8. The van der Waals surface area contributed by atoms with E-state index >= 15 is 0 Å². The third-order valence-electron chi connectivity index (χ3n) is 3.03. The highest BCUT2D eigenvalue weighted by Gasteiger charge is 2.31. The van der Waals surface area contributed by atoms with Crippen molar-refractivity contribution in [1.29, 1.82) is 0 Å². The fraction of sp³-hybridized carbons (Fsp3) is 0.214. The van der Waals surface area contributed by atoms with Crippen molar-refractivity contribution < 1.29 is 31.5 Å². The Balaban J connectivity index is 2.41. The highest BCUT2D eigenvalue weighted by Crippen LogP contribution is 2.26. The molecule has 0 saturated heterocycles. The lowest BCUT2D eigenvalue weighted by molar-refractivity contribution is 0.102. The Kier molecular flexibility index (Phi) is 5.47. The molecule has 1 amide bonds. The summed E-state index contributed by atoms with van der Waals surface area (Å²) >= 11 is 0. The predicted molar refractivity (Wildman–Crippen MR) is 82.7 cm³/mol. The number of benzene rings is 1. The number of anilines is 1. The first-order chi connectivity index (χ1) is 11.8. The summed E-state index contributed by atoms with van der Waals surface area (Å²) in [5.41, 5.74) is -0.432. The smallest absolute Gasteiger partial charge is 0.341 e. The van der Waals surface area contributed by atoms with Crippen molar-refractivity contribution in [1.82, 2.24) is 9.97 Å². The zero-order valence-corrected chi connectivity index (χ0v) is 13.9. The minimum atomic E-state index is -4.95. The standard InChI is InChI=1S/C14H13F2N3O5S/c1-23-12-9(7-17-14(19-12)24-2)18-11(20)8-5-3-4-6-10(8)25(21,22)13(15)16/h3-7,13H,1-2H3,(H,18,20). The summed E-state index contributed by atoms with van der Waals surface area (Å²) in [6.07, 6.45) is 1.17. The van der Waals surface area contributed by atoms with Crippen molar-refractivity contribution >= 4 is 21.4 Å². The second kappa shape index (κ2) is 7.38. The van der Waals surface area contributed by atoms with Crippen molar-refractivity contribution in [2.45, 2.75) is 10.7 Å². The van der Waals surface area contributed by atoms with Crippen LogP contribution in [0.1, 0.15) is 10.4 Å². The lowest BCUT2D eigenvalue weighted by Gasteiger charge is -2.12.